The average Bonchev–Trinajstić information content (AvgIpc) is 3.18. The average molecular weight is 388 g/mol. The lowest BCUT2D eigenvalue weighted by molar-refractivity contribution is 0.102. The maximum absolute atomic E-state index is 12.7. The Morgan fingerprint density at radius 2 is 2.03 bits per heavy atom. The van der Waals surface area contributed by atoms with E-state index in [0.29, 0.717) is 17.3 Å². The minimum atomic E-state index is -0.488. The molecule has 0 atom stereocenters. The molecule has 29 heavy (non-hydrogen) atoms. The van der Waals surface area contributed by atoms with E-state index in [4.69, 9.17) is 4.98 Å². The van der Waals surface area contributed by atoms with Gasteiger partial charge in [-0.3, -0.25) is 14.0 Å². The van der Waals surface area contributed by atoms with E-state index in [2.05, 4.69) is 20.6 Å². The van der Waals surface area contributed by atoms with Crippen molar-refractivity contribution >= 4 is 28.3 Å². The van der Waals surface area contributed by atoms with Gasteiger partial charge >= 0.3 is 0 Å². The number of anilines is 1. The molecule has 3 N–H and O–H groups in total. The predicted octanol–water partition coefficient (Wildman–Crippen LogP) is 2.29. The second kappa shape index (κ2) is 7.14. The van der Waals surface area contributed by atoms with Crippen LogP contribution in [-0.4, -0.2) is 38.3 Å². The molecule has 1 fully saturated rings. The van der Waals surface area contributed by atoms with E-state index in [1.54, 1.807) is 30.5 Å². The van der Waals surface area contributed by atoms with Crippen molar-refractivity contribution in [3.63, 3.8) is 0 Å². The Hall–Kier alpha value is -3.52. The zero-order valence-corrected chi connectivity index (χ0v) is 15.7. The lowest BCUT2D eigenvalue weighted by Gasteiger charge is -2.20. The second-order valence-corrected chi connectivity index (χ2v) is 7.24. The molecule has 0 saturated carbocycles. The zero-order valence-electron chi connectivity index (χ0n) is 15.7. The molecule has 146 valence electrons. The summed E-state index contributed by atoms with van der Waals surface area (Å²) in [5.41, 5.74) is 2.42. The molecule has 1 amide bonds. The van der Waals surface area contributed by atoms with Gasteiger partial charge in [0.2, 0.25) is 0 Å². The largest absolute Gasteiger partial charge is 0.342 e. The summed E-state index contributed by atoms with van der Waals surface area (Å²) in [6.07, 6.45) is 5.03. The van der Waals surface area contributed by atoms with Crippen molar-refractivity contribution in [3.05, 3.63) is 70.5 Å². The summed E-state index contributed by atoms with van der Waals surface area (Å²) >= 11 is 0. The number of fused-ring (bicyclic) bond motifs is 2. The van der Waals surface area contributed by atoms with Gasteiger partial charge in [0.25, 0.3) is 11.5 Å². The smallest absolute Gasteiger partial charge is 0.270 e. The minimum Gasteiger partial charge on any atom is -0.342 e. The molecule has 5 rings (SSSR count). The highest BCUT2D eigenvalue weighted by atomic mass is 16.2. The number of aromatic nitrogens is 4. The van der Waals surface area contributed by atoms with Crippen molar-refractivity contribution in [2.24, 2.45) is 0 Å². The van der Waals surface area contributed by atoms with Crippen molar-refractivity contribution in [1.29, 1.82) is 0 Å². The Morgan fingerprint density at radius 1 is 1.17 bits per heavy atom. The summed E-state index contributed by atoms with van der Waals surface area (Å²) in [5, 5.41) is 6.15. The third kappa shape index (κ3) is 3.27. The maximum atomic E-state index is 12.7. The van der Waals surface area contributed by atoms with Crippen molar-refractivity contribution in [3.8, 4) is 0 Å². The van der Waals surface area contributed by atoms with Crippen LogP contribution in [0, 0.1) is 0 Å². The number of benzene rings is 1. The first-order chi connectivity index (χ1) is 14.2. The minimum absolute atomic E-state index is 0.00574. The van der Waals surface area contributed by atoms with Gasteiger partial charge in [-0.1, -0.05) is 6.07 Å². The van der Waals surface area contributed by atoms with Gasteiger partial charge in [-0.05, 0) is 56.3 Å². The molecule has 0 unspecified atom stereocenters. The summed E-state index contributed by atoms with van der Waals surface area (Å²) in [4.78, 5) is 37.5. The van der Waals surface area contributed by atoms with E-state index < -0.39 is 11.5 Å². The lowest BCUT2D eigenvalue weighted by Crippen LogP contribution is -2.27. The van der Waals surface area contributed by atoms with Crippen LogP contribution in [-0.2, 0) is 0 Å². The molecule has 1 aliphatic rings. The number of aromatic amines is 1. The van der Waals surface area contributed by atoms with Gasteiger partial charge in [0.15, 0.2) is 0 Å². The number of piperidine rings is 1. The third-order valence-corrected chi connectivity index (χ3v) is 5.34. The Bertz CT molecular complexity index is 1270. The van der Waals surface area contributed by atoms with Crippen molar-refractivity contribution in [2.45, 2.75) is 18.8 Å². The van der Waals surface area contributed by atoms with Gasteiger partial charge in [-0.25, -0.2) is 9.97 Å². The van der Waals surface area contributed by atoms with Gasteiger partial charge < -0.3 is 15.6 Å². The van der Waals surface area contributed by atoms with E-state index in [1.807, 2.05) is 12.1 Å². The Morgan fingerprint density at radius 3 is 2.90 bits per heavy atom. The van der Waals surface area contributed by atoms with Crippen LogP contribution in [0.5, 0.6) is 0 Å². The number of hydrogen-bond acceptors (Lipinski definition) is 5. The summed E-state index contributed by atoms with van der Waals surface area (Å²) < 4.78 is 1.36. The van der Waals surface area contributed by atoms with Gasteiger partial charge in [0.05, 0.1) is 11.0 Å². The quantitative estimate of drug-likeness (QED) is 0.500. The molecule has 1 aliphatic heterocycles. The van der Waals surface area contributed by atoms with Gasteiger partial charge in [0.1, 0.15) is 17.0 Å². The van der Waals surface area contributed by atoms with Crippen molar-refractivity contribution in [2.75, 3.05) is 18.4 Å². The number of carbonyl (C=O) groups excluding carboxylic acids is 1. The number of pyridine rings is 1. The number of hydrogen-bond donors (Lipinski definition) is 3. The summed E-state index contributed by atoms with van der Waals surface area (Å²) in [6.45, 7) is 2.00. The van der Waals surface area contributed by atoms with Crippen LogP contribution in [0.2, 0.25) is 0 Å². The number of carbonyl (C=O) groups is 1. The maximum Gasteiger partial charge on any atom is 0.270 e. The monoisotopic (exact) mass is 388 g/mol. The molecule has 1 aromatic carbocycles. The van der Waals surface area contributed by atoms with Gasteiger partial charge in [-0.2, -0.15) is 0 Å². The van der Waals surface area contributed by atoms with Crippen molar-refractivity contribution in [1.82, 2.24) is 24.7 Å². The molecule has 4 aromatic rings. The zero-order chi connectivity index (χ0) is 19.8. The number of amides is 1. The Labute approximate surface area is 166 Å². The molecule has 0 radical (unpaired) electrons. The van der Waals surface area contributed by atoms with Gasteiger partial charge in [0, 0.05) is 24.0 Å². The normalized spacial score (nSPS) is 15.0. The standard InChI is InChI=1S/C21H20N6O2/c28-20(15-12-23-18-3-1-2-10-27(18)21(15)29)24-14-4-5-16-17(11-14)26-19(25-16)13-6-8-22-9-7-13/h1-5,10-13,22H,6-9H2,(H,24,28)(H,25,26). The number of rotatable bonds is 3. The molecule has 3 aromatic heterocycles. The molecule has 0 aliphatic carbocycles. The fraction of sp³-hybridized carbons (Fsp3) is 0.238. The van der Waals surface area contributed by atoms with Crippen LogP contribution in [0.25, 0.3) is 16.7 Å². The number of nitrogens with one attached hydrogen (secondary N) is 3. The van der Waals surface area contributed by atoms with Crippen LogP contribution >= 0.6 is 0 Å². The van der Waals surface area contributed by atoms with Crippen LogP contribution in [0.4, 0.5) is 5.69 Å². The first-order valence-electron chi connectivity index (χ1n) is 9.67. The van der Waals surface area contributed by atoms with Crippen LogP contribution in [0.1, 0.15) is 34.9 Å². The molecule has 0 spiro atoms. The number of nitrogens with zero attached hydrogens (tertiary/aromatic N) is 3. The lowest BCUT2D eigenvalue weighted by atomic mass is 9.98. The molecule has 1 saturated heterocycles. The highest BCUT2D eigenvalue weighted by Gasteiger charge is 2.19. The van der Waals surface area contributed by atoms with Crippen molar-refractivity contribution < 1.29 is 4.79 Å². The SMILES string of the molecule is O=C(Nc1ccc2nc(C3CCNCC3)[nH]c2c1)c1cnc2ccccn2c1=O. The third-order valence-electron chi connectivity index (χ3n) is 5.34. The Kier molecular flexibility index (Phi) is 4.33. The number of imidazole rings is 1. The Balaban J connectivity index is 1.42. The van der Waals surface area contributed by atoms with E-state index in [-0.39, 0.29) is 5.56 Å². The fourth-order valence-electron chi connectivity index (χ4n) is 3.78. The molecule has 8 heteroatoms. The summed E-state index contributed by atoms with van der Waals surface area (Å²) in [7, 11) is 0. The molecular formula is C21H20N6O2. The first-order valence-corrected chi connectivity index (χ1v) is 9.67. The van der Waals surface area contributed by atoms with Gasteiger partial charge in [-0.15, -0.1) is 0 Å². The first kappa shape index (κ1) is 17.6. The molecule has 0 bridgehead atoms. The molecular weight excluding hydrogens is 368 g/mol. The van der Waals surface area contributed by atoms with Crippen LogP contribution in [0.15, 0.2) is 53.6 Å². The topological polar surface area (TPSA) is 104 Å². The predicted molar refractivity (Wildman–Crippen MR) is 110 cm³/mol. The highest BCUT2D eigenvalue weighted by Crippen LogP contribution is 2.26. The highest BCUT2D eigenvalue weighted by molar-refractivity contribution is 6.04. The molecule has 8 nitrogen and oxygen atoms in total. The van der Waals surface area contributed by atoms with E-state index in [0.717, 1.165) is 42.8 Å². The second-order valence-electron chi connectivity index (χ2n) is 7.24. The fourth-order valence-corrected chi connectivity index (χ4v) is 3.78. The van der Waals surface area contributed by atoms with Crippen LogP contribution in [0.3, 0.4) is 0 Å². The van der Waals surface area contributed by atoms with E-state index in [1.165, 1.54) is 10.6 Å². The summed E-state index contributed by atoms with van der Waals surface area (Å²) in [5.74, 6) is 0.922. The summed E-state index contributed by atoms with van der Waals surface area (Å²) in [6, 6.07) is 10.7. The van der Waals surface area contributed by atoms with E-state index in [9.17, 15) is 9.59 Å². The molecule has 4 heterocycles. The number of H-pyrrole nitrogens is 1. The van der Waals surface area contributed by atoms with E-state index >= 15 is 0 Å². The van der Waals surface area contributed by atoms with Crippen LogP contribution < -0.4 is 16.2 Å².